The van der Waals surface area contributed by atoms with Crippen LogP contribution in [0.3, 0.4) is 0 Å². The van der Waals surface area contributed by atoms with Crippen LogP contribution in [0.4, 0.5) is 0 Å². The average Bonchev–Trinajstić information content (AvgIpc) is 3.17. The van der Waals surface area contributed by atoms with Gasteiger partial charge in [-0.1, -0.05) is 30.3 Å². The van der Waals surface area contributed by atoms with E-state index in [1.165, 1.54) is 0 Å². The number of hydrogen-bond donors (Lipinski definition) is 1. The van der Waals surface area contributed by atoms with Crippen LogP contribution in [-0.4, -0.2) is 49.7 Å². The van der Waals surface area contributed by atoms with E-state index in [1.807, 2.05) is 47.5 Å². The van der Waals surface area contributed by atoms with Crippen LogP contribution in [-0.2, 0) is 4.79 Å². The van der Waals surface area contributed by atoms with Crippen molar-refractivity contribution >= 4 is 11.7 Å². The summed E-state index contributed by atoms with van der Waals surface area (Å²) < 4.78 is 16.4. The predicted octanol–water partition coefficient (Wildman–Crippen LogP) is 3.73. The van der Waals surface area contributed by atoms with Crippen LogP contribution in [0.5, 0.6) is 17.2 Å². The maximum Gasteiger partial charge on any atom is 0.303 e. The Morgan fingerprint density at radius 2 is 1.76 bits per heavy atom. The van der Waals surface area contributed by atoms with E-state index >= 15 is 0 Å². The average molecular weight is 398 g/mol. The Morgan fingerprint density at radius 3 is 2.31 bits per heavy atom. The normalized spacial score (nSPS) is 15.8. The molecular formula is C22H26N2O5. The number of carbonyl (C=O) groups is 1. The molecule has 7 nitrogen and oxygen atoms in total. The van der Waals surface area contributed by atoms with Gasteiger partial charge in [0.15, 0.2) is 11.5 Å². The summed E-state index contributed by atoms with van der Waals surface area (Å²) in [6.07, 6.45) is 1.33. The van der Waals surface area contributed by atoms with Crippen molar-refractivity contribution in [1.82, 2.24) is 5.01 Å². The Bertz CT molecular complexity index is 857. The van der Waals surface area contributed by atoms with Gasteiger partial charge in [-0.05, 0) is 29.7 Å². The number of methoxy groups -OCH3 is 3. The van der Waals surface area contributed by atoms with Crippen molar-refractivity contribution in [1.29, 1.82) is 0 Å². The molecule has 0 saturated carbocycles. The van der Waals surface area contributed by atoms with Gasteiger partial charge in [-0.3, -0.25) is 9.80 Å². The molecule has 7 heteroatoms. The highest BCUT2D eigenvalue weighted by Gasteiger charge is 2.30. The van der Waals surface area contributed by atoms with Gasteiger partial charge in [0.2, 0.25) is 5.75 Å². The molecule has 1 unspecified atom stereocenters. The zero-order valence-corrected chi connectivity index (χ0v) is 16.9. The summed E-state index contributed by atoms with van der Waals surface area (Å²) in [5.41, 5.74) is 3.01. The van der Waals surface area contributed by atoms with Gasteiger partial charge in [-0.25, -0.2) is 0 Å². The molecule has 0 bridgehead atoms. The van der Waals surface area contributed by atoms with Gasteiger partial charge < -0.3 is 19.3 Å². The number of rotatable bonds is 9. The van der Waals surface area contributed by atoms with Crippen molar-refractivity contribution < 1.29 is 24.1 Å². The van der Waals surface area contributed by atoms with Gasteiger partial charge in [0.05, 0.1) is 33.1 Å². The Kier molecular flexibility index (Phi) is 6.59. The number of benzene rings is 2. The lowest BCUT2D eigenvalue weighted by Gasteiger charge is -2.25. The highest BCUT2D eigenvalue weighted by Crippen LogP contribution is 2.43. The molecule has 0 radical (unpaired) electrons. The third-order valence-corrected chi connectivity index (χ3v) is 4.95. The second kappa shape index (κ2) is 9.32. The van der Waals surface area contributed by atoms with Crippen molar-refractivity contribution in [3.63, 3.8) is 0 Å². The summed E-state index contributed by atoms with van der Waals surface area (Å²) in [6, 6.07) is 13.8. The van der Waals surface area contributed by atoms with E-state index in [4.69, 9.17) is 24.4 Å². The summed E-state index contributed by atoms with van der Waals surface area (Å²) in [6.45, 7) is 0.546. The maximum atomic E-state index is 10.9. The number of hydrazone groups is 1. The van der Waals surface area contributed by atoms with Crippen molar-refractivity contribution in [2.45, 2.75) is 25.3 Å². The number of carboxylic acids is 1. The van der Waals surface area contributed by atoms with Crippen LogP contribution in [0.2, 0.25) is 0 Å². The molecule has 0 aromatic heterocycles. The summed E-state index contributed by atoms with van der Waals surface area (Å²) in [5, 5.41) is 15.8. The quantitative estimate of drug-likeness (QED) is 0.693. The van der Waals surface area contributed by atoms with Gasteiger partial charge in [0, 0.05) is 19.4 Å². The molecular weight excluding hydrogens is 372 g/mol. The molecule has 3 rings (SSSR count). The largest absolute Gasteiger partial charge is 0.493 e. The monoisotopic (exact) mass is 398 g/mol. The first-order valence-corrected chi connectivity index (χ1v) is 9.48. The number of ether oxygens (including phenoxy) is 3. The minimum absolute atomic E-state index is 0.0484. The van der Waals surface area contributed by atoms with Gasteiger partial charge >= 0.3 is 5.97 Å². The molecule has 0 fully saturated rings. The fraction of sp³-hybridized carbons (Fsp3) is 0.364. The van der Waals surface area contributed by atoms with E-state index in [0.717, 1.165) is 16.8 Å². The molecule has 1 aliphatic rings. The van der Waals surface area contributed by atoms with Crippen LogP contribution in [0.15, 0.2) is 47.6 Å². The molecule has 29 heavy (non-hydrogen) atoms. The summed E-state index contributed by atoms with van der Waals surface area (Å²) in [5.74, 6) is 0.903. The van der Waals surface area contributed by atoms with Crippen molar-refractivity contribution in [2.75, 3.05) is 27.9 Å². The van der Waals surface area contributed by atoms with E-state index in [-0.39, 0.29) is 12.5 Å². The van der Waals surface area contributed by atoms with Crippen LogP contribution < -0.4 is 14.2 Å². The molecule has 0 spiro atoms. The maximum absolute atomic E-state index is 10.9. The molecule has 0 aliphatic carbocycles. The summed E-state index contributed by atoms with van der Waals surface area (Å²) in [4.78, 5) is 10.9. The van der Waals surface area contributed by atoms with Crippen LogP contribution in [0.1, 0.15) is 36.4 Å². The highest BCUT2D eigenvalue weighted by atomic mass is 16.5. The van der Waals surface area contributed by atoms with E-state index < -0.39 is 5.97 Å². The van der Waals surface area contributed by atoms with Gasteiger partial charge in [0.25, 0.3) is 0 Å². The molecule has 2 aromatic rings. The zero-order valence-electron chi connectivity index (χ0n) is 16.9. The van der Waals surface area contributed by atoms with E-state index in [0.29, 0.717) is 36.6 Å². The number of hydrogen-bond acceptors (Lipinski definition) is 6. The van der Waals surface area contributed by atoms with Crippen molar-refractivity contribution in [3.05, 3.63) is 53.6 Å². The van der Waals surface area contributed by atoms with Gasteiger partial charge in [-0.2, -0.15) is 5.10 Å². The predicted molar refractivity (Wildman–Crippen MR) is 110 cm³/mol. The van der Waals surface area contributed by atoms with Gasteiger partial charge in [-0.15, -0.1) is 0 Å². The molecule has 2 aromatic carbocycles. The summed E-state index contributed by atoms with van der Waals surface area (Å²) >= 11 is 0. The number of nitrogens with zero attached hydrogens (tertiary/aromatic N) is 2. The minimum atomic E-state index is -0.805. The SMILES string of the molecule is COc1cc(C2CC(c3ccccc3)=NN2CCCC(=O)O)cc(OC)c1OC. The molecule has 1 N–H and O–H groups in total. The minimum Gasteiger partial charge on any atom is -0.493 e. The van der Waals surface area contributed by atoms with Crippen LogP contribution >= 0.6 is 0 Å². The Labute approximate surface area is 170 Å². The van der Waals surface area contributed by atoms with Crippen LogP contribution in [0.25, 0.3) is 0 Å². The zero-order chi connectivity index (χ0) is 20.8. The third-order valence-electron chi connectivity index (χ3n) is 4.95. The molecule has 0 saturated heterocycles. The van der Waals surface area contributed by atoms with E-state index in [9.17, 15) is 4.79 Å². The highest BCUT2D eigenvalue weighted by molar-refractivity contribution is 6.01. The summed E-state index contributed by atoms with van der Waals surface area (Å²) in [7, 11) is 4.75. The Morgan fingerprint density at radius 1 is 1.10 bits per heavy atom. The van der Waals surface area contributed by atoms with E-state index in [2.05, 4.69) is 0 Å². The lowest BCUT2D eigenvalue weighted by atomic mass is 9.97. The van der Waals surface area contributed by atoms with Crippen molar-refractivity contribution in [2.24, 2.45) is 5.10 Å². The molecule has 154 valence electrons. The van der Waals surface area contributed by atoms with Gasteiger partial charge in [0.1, 0.15) is 0 Å². The van der Waals surface area contributed by atoms with Crippen molar-refractivity contribution in [3.8, 4) is 17.2 Å². The Hall–Kier alpha value is -3.22. The fourth-order valence-corrected chi connectivity index (χ4v) is 3.54. The van der Waals surface area contributed by atoms with Crippen LogP contribution in [0, 0.1) is 0 Å². The second-order valence-electron chi connectivity index (χ2n) is 6.75. The lowest BCUT2D eigenvalue weighted by molar-refractivity contribution is -0.137. The van der Waals surface area contributed by atoms with E-state index in [1.54, 1.807) is 21.3 Å². The smallest absolute Gasteiger partial charge is 0.303 e. The molecule has 0 amide bonds. The number of carboxylic acid groups (broad SMARTS) is 1. The second-order valence-corrected chi connectivity index (χ2v) is 6.75. The third kappa shape index (κ3) is 4.62. The topological polar surface area (TPSA) is 80.6 Å². The Balaban J connectivity index is 1.94. The molecule has 1 heterocycles. The first kappa shape index (κ1) is 20.5. The lowest BCUT2D eigenvalue weighted by Crippen LogP contribution is -2.21. The first-order chi connectivity index (χ1) is 14.1. The fourth-order valence-electron chi connectivity index (χ4n) is 3.54. The number of aliphatic carboxylic acids is 1. The first-order valence-electron chi connectivity index (χ1n) is 9.48. The standard InChI is InChI=1S/C22H26N2O5/c1-27-19-12-16(13-20(28-2)22(19)29-3)18-14-17(15-8-5-4-6-9-15)23-24(18)11-7-10-21(25)26/h4-6,8-9,12-13,18H,7,10-11,14H2,1-3H3,(H,25,26). The molecule has 1 aliphatic heterocycles. The molecule has 1 atom stereocenters.